The Labute approximate surface area is 322 Å². The first-order valence-corrected chi connectivity index (χ1v) is 21.0. The summed E-state index contributed by atoms with van der Waals surface area (Å²) in [5, 5.41) is 3.64. The zero-order valence-electron chi connectivity index (χ0n) is 30.5. The molecule has 0 saturated heterocycles. The summed E-state index contributed by atoms with van der Waals surface area (Å²) < 4.78 is 6.14. The summed E-state index contributed by atoms with van der Waals surface area (Å²) in [5.41, 5.74) is 11.6. The molecule has 52 heavy (non-hydrogen) atoms. The van der Waals surface area contributed by atoms with E-state index >= 15 is 0 Å². The van der Waals surface area contributed by atoms with Gasteiger partial charge in [0.25, 0.3) is 0 Å². The normalized spacial score (nSPS) is 11.5. The van der Waals surface area contributed by atoms with E-state index in [0.29, 0.717) is 0 Å². The molecule has 0 bridgehead atoms. The molecule has 3 heterocycles. The Morgan fingerprint density at radius 1 is 0.654 bits per heavy atom. The van der Waals surface area contributed by atoms with E-state index in [1.807, 2.05) is 48.8 Å². The number of para-hydroxylation sites is 1. The fraction of sp³-hybridized carbons (Fsp3) is 0.149. The first-order chi connectivity index (χ1) is 24.6. The molecular formula is C47H42IrN2OSi-2. The Bertz CT molecular complexity index is 2450. The van der Waals surface area contributed by atoms with E-state index in [9.17, 15) is 0 Å². The SMILES string of the molecule is CC(C)(c1ccccc1)c1cc[c-]c(-c2cc([Si](C)(C)C)ccn2)c1.Cc1cnc(-c2[c-]ccc3c2oc2ccccc23)cc1-c1ccccc1.[Ir]. The van der Waals surface area contributed by atoms with Gasteiger partial charge in [0.2, 0.25) is 0 Å². The molecule has 3 nitrogen and oxygen atoms in total. The first-order valence-electron chi connectivity index (χ1n) is 17.5. The van der Waals surface area contributed by atoms with Gasteiger partial charge in [0.15, 0.2) is 0 Å². The smallest absolute Gasteiger partial charge is 0.120 e. The van der Waals surface area contributed by atoms with Crippen LogP contribution in [0.3, 0.4) is 0 Å². The van der Waals surface area contributed by atoms with Crippen LogP contribution in [0, 0.1) is 19.1 Å². The first kappa shape index (κ1) is 36.8. The largest absolute Gasteiger partial charge is 0.501 e. The molecule has 0 aliphatic heterocycles. The summed E-state index contributed by atoms with van der Waals surface area (Å²) in [6.07, 6.45) is 3.86. The minimum Gasteiger partial charge on any atom is -0.501 e. The molecule has 0 atom stereocenters. The molecule has 8 aromatic rings. The maximum atomic E-state index is 6.14. The van der Waals surface area contributed by atoms with Crippen molar-refractivity contribution in [2.45, 2.75) is 45.8 Å². The van der Waals surface area contributed by atoms with E-state index in [1.165, 1.54) is 27.4 Å². The zero-order valence-corrected chi connectivity index (χ0v) is 33.9. The predicted molar refractivity (Wildman–Crippen MR) is 216 cm³/mol. The van der Waals surface area contributed by atoms with Gasteiger partial charge in [-0.15, -0.1) is 53.6 Å². The molecule has 0 fully saturated rings. The van der Waals surface area contributed by atoms with Gasteiger partial charge in [0, 0.05) is 37.9 Å². The van der Waals surface area contributed by atoms with Crippen LogP contribution in [0.4, 0.5) is 0 Å². The van der Waals surface area contributed by atoms with Crippen molar-refractivity contribution in [3.63, 3.8) is 0 Å². The molecular weight excluding hydrogens is 829 g/mol. The van der Waals surface area contributed by atoms with Crippen molar-refractivity contribution in [1.29, 1.82) is 0 Å². The van der Waals surface area contributed by atoms with Crippen LogP contribution in [0.1, 0.15) is 30.5 Å². The molecule has 3 aromatic heterocycles. The molecule has 0 spiro atoms. The van der Waals surface area contributed by atoms with Gasteiger partial charge < -0.3 is 14.4 Å². The minimum atomic E-state index is -1.35. The van der Waals surface area contributed by atoms with Gasteiger partial charge in [-0.1, -0.05) is 141 Å². The van der Waals surface area contributed by atoms with E-state index in [-0.39, 0.29) is 25.5 Å². The average molecular weight is 871 g/mol. The molecule has 0 aliphatic carbocycles. The van der Waals surface area contributed by atoms with Gasteiger partial charge in [-0.2, -0.15) is 0 Å². The third-order valence-electron chi connectivity index (χ3n) is 9.70. The molecule has 5 heteroatoms. The molecule has 1 radical (unpaired) electrons. The van der Waals surface area contributed by atoms with Gasteiger partial charge >= 0.3 is 0 Å². The van der Waals surface area contributed by atoms with E-state index in [0.717, 1.165) is 50.0 Å². The zero-order chi connectivity index (χ0) is 35.6. The van der Waals surface area contributed by atoms with Crippen LogP contribution in [-0.4, -0.2) is 18.0 Å². The van der Waals surface area contributed by atoms with E-state index in [1.54, 1.807) is 0 Å². The molecule has 0 amide bonds. The second-order valence-electron chi connectivity index (χ2n) is 14.6. The Hall–Kier alpha value is -4.93. The quantitative estimate of drug-likeness (QED) is 0.123. The molecule has 0 saturated carbocycles. The maximum absolute atomic E-state index is 6.14. The maximum Gasteiger partial charge on any atom is 0.120 e. The molecule has 261 valence electrons. The van der Waals surface area contributed by atoms with Crippen molar-refractivity contribution >= 4 is 35.2 Å². The van der Waals surface area contributed by atoms with Gasteiger partial charge in [-0.05, 0) is 58.1 Å². The number of fused-ring (bicyclic) bond motifs is 3. The summed E-state index contributed by atoms with van der Waals surface area (Å²) in [4.78, 5) is 9.27. The van der Waals surface area contributed by atoms with E-state index in [2.05, 4.69) is 160 Å². The molecule has 5 aromatic carbocycles. The molecule has 8 rings (SSSR count). The summed E-state index contributed by atoms with van der Waals surface area (Å²) in [6.45, 7) is 13.7. The van der Waals surface area contributed by atoms with Crippen LogP contribution in [0.25, 0.3) is 55.6 Å². The van der Waals surface area contributed by atoms with Crippen molar-refractivity contribution in [3.05, 3.63) is 175 Å². The summed E-state index contributed by atoms with van der Waals surface area (Å²) in [5.74, 6) is 0. The third kappa shape index (κ3) is 7.63. The number of pyridine rings is 2. The number of nitrogens with zero attached hydrogens (tertiary/aromatic N) is 2. The standard InChI is InChI=1S/C24H16NO.C23H26NSi.Ir/c1-16-15-25-22(14-21(16)17-8-3-2-4-9-17)20-12-7-11-19-18-10-5-6-13-23(18)26-24(19)20;1-23(2,19-11-7-6-8-12-19)20-13-9-10-18(16-20)22-17-21(14-15-24-22)25(3,4)5;/h2-11,13-15H,1H3;6-9,11-17H,1-5H3;/q2*-1;. The Morgan fingerprint density at radius 2 is 1.35 bits per heavy atom. The number of aromatic nitrogens is 2. The van der Waals surface area contributed by atoms with Gasteiger partial charge in [0.1, 0.15) is 5.58 Å². The van der Waals surface area contributed by atoms with E-state index < -0.39 is 8.07 Å². The van der Waals surface area contributed by atoms with Gasteiger partial charge in [-0.3, -0.25) is 0 Å². The topological polar surface area (TPSA) is 38.9 Å². The average Bonchev–Trinajstić information content (AvgIpc) is 3.55. The van der Waals surface area contributed by atoms with Crippen molar-refractivity contribution in [2.24, 2.45) is 0 Å². The number of aryl methyl sites for hydroxylation is 1. The third-order valence-corrected chi connectivity index (χ3v) is 11.7. The Kier molecular flexibility index (Phi) is 10.9. The van der Waals surface area contributed by atoms with Crippen LogP contribution in [-0.2, 0) is 25.5 Å². The second kappa shape index (κ2) is 15.4. The van der Waals surface area contributed by atoms with Crippen LogP contribution in [0.15, 0.2) is 150 Å². The molecule has 0 unspecified atom stereocenters. The molecule has 0 aliphatic rings. The fourth-order valence-corrected chi connectivity index (χ4v) is 7.68. The monoisotopic (exact) mass is 871 g/mol. The fourth-order valence-electron chi connectivity index (χ4n) is 6.54. The van der Waals surface area contributed by atoms with Crippen molar-refractivity contribution in [1.82, 2.24) is 9.97 Å². The predicted octanol–water partition coefficient (Wildman–Crippen LogP) is 11.8. The Morgan fingerprint density at radius 3 is 2.10 bits per heavy atom. The number of furan rings is 1. The van der Waals surface area contributed by atoms with Crippen LogP contribution < -0.4 is 5.19 Å². The summed E-state index contributed by atoms with van der Waals surface area (Å²) in [7, 11) is -1.35. The Balaban J connectivity index is 0.000000175. The van der Waals surface area contributed by atoms with Crippen LogP contribution >= 0.6 is 0 Å². The van der Waals surface area contributed by atoms with Crippen molar-refractivity contribution < 1.29 is 24.5 Å². The second-order valence-corrected chi connectivity index (χ2v) is 19.7. The van der Waals surface area contributed by atoms with Crippen LogP contribution in [0.2, 0.25) is 19.6 Å². The van der Waals surface area contributed by atoms with Gasteiger partial charge in [-0.25, -0.2) is 0 Å². The summed E-state index contributed by atoms with van der Waals surface area (Å²) >= 11 is 0. The minimum absolute atomic E-state index is 0. The number of rotatable bonds is 6. The number of hydrogen-bond acceptors (Lipinski definition) is 3. The van der Waals surface area contributed by atoms with Crippen LogP contribution in [0.5, 0.6) is 0 Å². The van der Waals surface area contributed by atoms with Crippen molar-refractivity contribution in [2.75, 3.05) is 0 Å². The van der Waals surface area contributed by atoms with Gasteiger partial charge in [0.05, 0.1) is 13.7 Å². The molecule has 0 N–H and O–H groups in total. The number of benzene rings is 5. The summed E-state index contributed by atoms with van der Waals surface area (Å²) in [6, 6.07) is 52.8. The van der Waals surface area contributed by atoms with Crippen molar-refractivity contribution in [3.8, 4) is 33.6 Å². The number of hydrogen-bond donors (Lipinski definition) is 0. The van der Waals surface area contributed by atoms with E-state index in [4.69, 9.17) is 4.42 Å².